The second-order valence-electron chi connectivity index (χ2n) is 5.27. The Morgan fingerprint density at radius 2 is 1.81 bits per heavy atom. The number of urea groups is 1. The lowest BCUT2D eigenvalue weighted by atomic mass is 10.1. The van der Waals surface area contributed by atoms with Crippen molar-refractivity contribution < 1.29 is 4.79 Å². The van der Waals surface area contributed by atoms with Crippen LogP contribution in [0.15, 0.2) is 0 Å². The fraction of sp³-hybridized carbons (Fsp3) is 0.923. The second-order valence-corrected chi connectivity index (χ2v) is 5.27. The van der Waals surface area contributed by atoms with E-state index in [0.29, 0.717) is 12.0 Å². The molecule has 1 rings (SSSR count). The highest BCUT2D eigenvalue weighted by atomic mass is 16.2. The number of amides is 2. The van der Waals surface area contributed by atoms with Gasteiger partial charge in [0.25, 0.3) is 0 Å². The van der Waals surface area contributed by atoms with Gasteiger partial charge in [-0.3, -0.25) is 0 Å². The normalized spacial score (nSPS) is 18.2. The van der Waals surface area contributed by atoms with Gasteiger partial charge in [-0.1, -0.05) is 39.5 Å². The van der Waals surface area contributed by atoms with Crippen molar-refractivity contribution >= 4 is 6.03 Å². The maximum absolute atomic E-state index is 11.6. The molecule has 0 atom stereocenters. The maximum Gasteiger partial charge on any atom is 0.315 e. The van der Waals surface area contributed by atoms with E-state index in [1.165, 1.54) is 25.7 Å². The van der Waals surface area contributed by atoms with Gasteiger partial charge >= 0.3 is 6.03 Å². The Morgan fingerprint density at radius 1 is 1.19 bits per heavy atom. The fourth-order valence-corrected chi connectivity index (χ4v) is 2.13. The van der Waals surface area contributed by atoms with Crippen LogP contribution in [0.25, 0.3) is 0 Å². The van der Waals surface area contributed by atoms with Crippen LogP contribution >= 0.6 is 0 Å². The molecule has 0 spiro atoms. The summed E-state index contributed by atoms with van der Waals surface area (Å²) in [5, 5.41) is 6.01. The van der Waals surface area contributed by atoms with Crippen LogP contribution < -0.4 is 10.6 Å². The van der Waals surface area contributed by atoms with E-state index in [-0.39, 0.29) is 6.03 Å². The Kier molecular flexibility index (Phi) is 6.27. The first-order chi connectivity index (χ1) is 7.68. The summed E-state index contributed by atoms with van der Waals surface area (Å²) in [5.74, 6) is 0.651. The number of nitrogens with one attached hydrogen (secondary N) is 2. The highest BCUT2D eigenvalue weighted by molar-refractivity contribution is 5.74. The van der Waals surface area contributed by atoms with Crippen LogP contribution in [0.5, 0.6) is 0 Å². The zero-order valence-electron chi connectivity index (χ0n) is 10.7. The summed E-state index contributed by atoms with van der Waals surface area (Å²) in [4.78, 5) is 11.6. The Bertz CT molecular complexity index is 196. The molecule has 0 radical (unpaired) electrons. The lowest BCUT2D eigenvalue weighted by Gasteiger charge is -2.17. The molecule has 16 heavy (non-hydrogen) atoms. The van der Waals surface area contributed by atoms with Gasteiger partial charge in [-0.05, 0) is 25.2 Å². The predicted molar refractivity (Wildman–Crippen MR) is 67.5 cm³/mol. The summed E-state index contributed by atoms with van der Waals surface area (Å²) in [5.41, 5.74) is 0. The van der Waals surface area contributed by atoms with E-state index in [1.54, 1.807) is 0 Å². The van der Waals surface area contributed by atoms with E-state index >= 15 is 0 Å². The molecule has 0 saturated heterocycles. The lowest BCUT2D eigenvalue weighted by Crippen LogP contribution is -2.42. The summed E-state index contributed by atoms with van der Waals surface area (Å²) < 4.78 is 0. The molecule has 0 aromatic heterocycles. The molecule has 1 saturated carbocycles. The molecule has 2 amide bonds. The predicted octanol–water partition coefficient (Wildman–Crippen LogP) is 3.05. The number of hydrogen-bond donors (Lipinski definition) is 2. The van der Waals surface area contributed by atoms with Gasteiger partial charge < -0.3 is 10.6 Å². The third-order valence-electron chi connectivity index (χ3n) is 3.20. The van der Waals surface area contributed by atoms with Crippen molar-refractivity contribution in [2.24, 2.45) is 5.92 Å². The molecule has 1 aliphatic rings. The van der Waals surface area contributed by atoms with Crippen LogP contribution in [0, 0.1) is 5.92 Å². The van der Waals surface area contributed by atoms with Crippen LogP contribution in [0.3, 0.4) is 0 Å². The van der Waals surface area contributed by atoms with Crippen molar-refractivity contribution in [2.45, 2.75) is 64.8 Å². The topological polar surface area (TPSA) is 41.1 Å². The molecule has 0 aromatic rings. The van der Waals surface area contributed by atoms with Crippen LogP contribution in [0.1, 0.15) is 58.8 Å². The summed E-state index contributed by atoms with van der Waals surface area (Å²) in [6.45, 7) is 5.13. The summed E-state index contributed by atoms with van der Waals surface area (Å²) >= 11 is 0. The van der Waals surface area contributed by atoms with E-state index in [0.717, 1.165) is 25.8 Å². The quantitative estimate of drug-likeness (QED) is 0.711. The first kappa shape index (κ1) is 13.3. The van der Waals surface area contributed by atoms with Gasteiger partial charge in [0, 0.05) is 12.6 Å². The Balaban J connectivity index is 2.12. The molecule has 1 fully saturated rings. The van der Waals surface area contributed by atoms with Gasteiger partial charge in [-0.2, -0.15) is 0 Å². The van der Waals surface area contributed by atoms with Gasteiger partial charge in [0.2, 0.25) is 0 Å². The van der Waals surface area contributed by atoms with Crippen molar-refractivity contribution in [3.05, 3.63) is 0 Å². The minimum Gasteiger partial charge on any atom is -0.338 e. The maximum atomic E-state index is 11.6. The molecule has 0 aliphatic heterocycles. The average Bonchev–Trinajstić information content (AvgIpc) is 2.45. The van der Waals surface area contributed by atoms with E-state index in [1.807, 2.05) is 0 Å². The van der Waals surface area contributed by atoms with E-state index in [9.17, 15) is 4.79 Å². The molecule has 94 valence electrons. The Hall–Kier alpha value is -0.730. The average molecular weight is 226 g/mol. The third-order valence-corrected chi connectivity index (χ3v) is 3.20. The largest absolute Gasteiger partial charge is 0.338 e. The SMILES string of the molecule is CC(C)CCNC(=O)NC1CCCCCC1. The van der Waals surface area contributed by atoms with Crippen molar-refractivity contribution in [1.29, 1.82) is 0 Å². The van der Waals surface area contributed by atoms with Crippen molar-refractivity contribution in [3.63, 3.8) is 0 Å². The van der Waals surface area contributed by atoms with Crippen LogP contribution in [0.4, 0.5) is 4.79 Å². The lowest BCUT2D eigenvalue weighted by molar-refractivity contribution is 0.235. The zero-order valence-corrected chi connectivity index (χ0v) is 10.7. The smallest absolute Gasteiger partial charge is 0.315 e. The highest BCUT2D eigenvalue weighted by Crippen LogP contribution is 2.16. The number of carbonyl (C=O) groups is 1. The minimum atomic E-state index is 0.0209. The summed E-state index contributed by atoms with van der Waals surface area (Å²) in [7, 11) is 0. The molecule has 3 heteroatoms. The number of rotatable bonds is 4. The molecule has 0 aromatic carbocycles. The van der Waals surface area contributed by atoms with Crippen molar-refractivity contribution in [1.82, 2.24) is 10.6 Å². The van der Waals surface area contributed by atoms with Gasteiger partial charge in [-0.25, -0.2) is 4.79 Å². The highest BCUT2D eigenvalue weighted by Gasteiger charge is 2.13. The fourth-order valence-electron chi connectivity index (χ4n) is 2.13. The summed E-state index contributed by atoms with van der Waals surface area (Å²) in [6, 6.07) is 0.425. The number of carbonyl (C=O) groups excluding carboxylic acids is 1. The van der Waals surface area contributed by atoms with Gasteiger partial charge in [0.05, 0.1) is 0 Å². The molecule has 0 heterocycles. The van der Waals surface area contributed by atoms with Crippen LogP contribution in [-0.2, 0) is 0 Å². The van der Waals surface area contributed by atoms with Crippen molar-refractivity contribution in [3.8, 4) is 0 Å². The number of hydrogen-bond acceptors (Lipinski definition) is 1. The standard InChI is InChI=1S/C13H26N2O/c1-11(2)9-10-14-13(16)15-12-7-5-3-4-6-8-12/h11-12H,3-10H2,1-2H3,(H2,14,15,16). The van der Waals surface area contributed by atoms with Gasteiger partial charge in [0.1, 0.15) is 0 Å². The minimum absolute atomic E-state index is 0.0209. The Labute approximate surface area is 99.4 Å². The molecular formula is C13H26N2O. The first-order valence-corrected chi connectivity index (χ1v) is 6.73. The van der Waals surface area contributed by atoms with Gasteiger partial charge in [0.15, 0.2) is 0 Å². The summed E-state index contributed by atoms with van der Waals surface area (Å²) in [6.07, 6.45) is 8.53. The van der Waals surface area contributed by atoms with Crippen LogP contribution in [-0.4, -0.2) is 18.6 Å². The molecule has 0 bridgehead atoms. The zero-order chi connectivity index (χ0) is 11.8. The van der Waals surface area contributed by atoms with Gasteiger partial charge in [-0.15, -0.1) is 0 Å². The van der Waals surface area contributed by atoms with E-state index in [2.05, 4.69) is 24.5 Å². The molecule has 2 N–H and O–H groups in total. The van der Waals surface area contributed by atoms with E-state index in [4.69, 9.17) is 0 Å². The molecule has 0 unspecified atom stereocenters. The molecular weight excluding hydrogens is 200 g/mol. The van der Waals surface area contributed by atoms with E-state index < -0.39 is 0 Å². The Morgan fingerprint density at radius 3 is 2.38 bits per heavy atom. The monoisotopic (exact) mass is 226 g/mol. The molecule has 3 nitrogen and oxygen atoms in total. The van der Waals surface area contributed by atoms with Crippen LogP contribution in [0.2, 0.25) is 0 Å². The third kappa shape index (κ3) is 5.99. The van der Waals surface area contributed by atoms with Crippen molar-refractivity contribution in [2.75, 3.05) is 6.54 Å². The second kappa shape index (κ2) is 7.53. The first-order valence-electron chi connectivity index (χ1n) is 6.73. The molecule has 1 aliphatic carbocycles.